The lowest BCUT2D eigenvalue weighted by atomic mass is 10.2. The quantitative estimate of drug-likeness (QED) is 0.654. The number of anilines is 1. The van der Waals surface area contributed by atoms with Crippen LogP contribution in [-0.4, -0.2) is 27.0 Å². The van der Waals surface area contributed by atoms with E-state index in [1.54, 1.807) is 6.20 Å². The van der Waals surface area contributed by atoms with Crippen LogP contribution in [0.5, 0.6) is 5.88 Å². The van der Waals surface area contributed by atoms with Gasteiger partial charge in [0.2, 0.25) is 5.82 Å². The predicted octanol–water partition coefficient (Wildman–Crippen LogP) is 1.71. The van der Waals surface area contributed by atoms with Crippen LogP contribution in [0.3, 0.4) is 0 Å². The van der Waals surface area contributed by atoms with E-state index in [4.69, 9.17) is 4.74 Å². The number of nitrogens with one attached hydrogen (secondary N) is 1. The smallest absolute Gasteiger partial charge is 0.372 e. The first-order chi connectivity index (χ1) is 9.61. The first-order valence-corrected chi connectivity index (χ1v) is 5.80. The van der Waals surface area contributed by atoms with Gasteiger partial charge in [-0.05, 0) is 18.6 Å². The number of pyridine rings is 1. The van der Waals surface area contributed by atoms with Crippen molar-refractivity contribution in [3.8, 4) is 5.88 Å². The number of aromatic nitrogens is 3. The molecule has 0 amide bonds. The average molecular weight is 275 g/mol. The van der Waals surface area contributed by atoms with Gasteiger partial charge in [0.25, 0.3) is 5.88 Å². The Kier molecular flexibility index (Phi) is 4.04. The summed E-state index contributed by atoms with van der Waals surface area (Å²) in [6, 6.07) is 3.76. The summed E-state index contributed by atoms with van der Waals surface area (Å²) >= 11 is 0. The van der Waals surface area contributed by atoms with Crippen molar-refractivity contribution in [3.05, 3.63) is 46.0 Å². The fraction of sp³-hybridized carbons (Fsp3) is 0.250. The third-order valence-electron chi connectivity index (χ3n) is 2.60. The fourth-order valence-electron chi connectivity index (χ4n) is 1.59. The van der Waals surface area contributed by atoms with E-state index in [-0.39, 0.29) is 17.4 Å². The fourth-order valence-corrected chi connectivity index (χ4v) is 1.59. The van der Waals surface area contributed by atoms with E-state index < -0.39 is 4.92 Å². The Labute approximate surface area is 115 Å². The Bertz CT molecular complexity index is 615. The van der Waals surface area contributed by atoms with Crippen LogP contribution in [-0.2, 0) is 6.54 Å². The number of nitrogens with zero attached hydrogens (tertiary/aromatic N) is 4. The lowest BCUT2D eigenvalue weighted by Crippen LogP contribution is -2.07. The van der Waals surface area contributed by atoms with E-state index in [1.807, 2.05) is 19.1 Å². The van der Waals surface area contributed by atoms with E-state index in [0.29, 0.717) is 6.54 Å². The van der Waals surface area contributed by atoms with Crippen molar-refractivity contribution in [2.45, 2.75) is 13.5 Å². The van der Waals surface area contributed by atoms with Gasteiger partial charge in [-0.2, -0.15) is 4.98 Å². The van der Waals surface area contributed by atoms with E-state index in [1.165, 1.54) is 13.4 Å². The minimum Gasteiger partial charge on any atom is -0.476 e. The molecule has 0 fully saturated rings. The van der Waals surface area contributed by atoms with Crippen molar-refractivity contribution < 1.29 is 9.66 Å². The van der Waals surface area contributed by atoms with Gasteiger partial charge in [-0.15, -0.1) is 0 Å². The number of ether oxygens (including phenoxy) is 1. The van der Waals surface area contributed by atoms with Gasteiger partial charge in [-0.25, -0.2) is 4.98 Å². The SMILES string of the molecule is COc1ncnc(NCc2ccc(C)nc2)c1[N+](=O)[O-]. The Balaban J connectivity index is 2.21. The molecule has 8 heteroatoms. The molecule has 0 atom stereocenters. The Morgan fingerprint density at radius 3 is 2.75 bits per heavy atom. The Morgan fingerprint density at radius 2 is 2.15 bits per heavy atom. The van der Waals surface area contributed by atoms with Crippen molar-refractivity contribution in [3.63, 3.8) is 0 Å². The number of rotatable bonds is 5. The summed E-state index contributed by atoms with van der Waals surface area (Å²) in [5, 5.41) is 13.9. The van der Waals surface area contributed by atoms with Crippen LogP contribution >= 0.6 is 0 Å². The van der Waals surface area contributed by atoms with E-state index >= 15 is 0 Å². The van der Waals surface area contributed by atoms with E-state index in [9.17, 15) is 10.1 Å². The lowest BCUT2D eigenvalue weighted by molar-refractivity contribution is -0.385. The monoisotopic (exact) mass is 275 g/mol. The molecule has 0 aliphatic heterocycles. The molecular weight excluding hydrogens is 262 g/mol. The third kappa shape index (κ3) is 2.97. The minimum absolute atomic E-state index is 0.0745. The molecule has 0 bridgehead atoms. The van der Waals surface area contributed by atoms with Crippen LogP contribution < -0.4 is 10.1 Å². The largest absolute Gasteiger partial charge is 0.476 e. The standard InChI is InChI=1S/C12H13N5O3/c1-8-3-4-9(5-13-8)6-14-11-10(17(18)19)12(20-2)16-7-15-11/h3-5,7H,6H2,1-2H3,(H,14,15,16). The van der Waals surface area contributed by atoms with E-state index in [0.717, 1.165) is 11.3 Å². The topological polar surface area (TPSA) is 103 Å². The molecule has 0 radical (unpaired) electrons. The van der Waals surface area contributed by atoms with Crippen LogP contribution in [0.25, 0.3) is 0 Å². The molecule has 8 nitrogen and oxygen atoms in total. The summed E-state index contributed by atoms with van der Waals surface area (Å²) in [6.07, 6.45) is 2.91. The van der Waals surface area contributed by atoms with Gasteiger partial charge in [-0.1, -0.05) is 6.07 Å². The van der Waals surface area contributed by atoms with Gasteiger partial charge in [-0.3, -0.25) is 15.1 Å². The predicted molar refractivity (Wildman–Crippen MR) is 71.5 cm³/mol. The number of nitro groups is 1. The maximum Gasteiger partial charge on any atom is 0.372 e. The highest BCUT2D eigenvalue weighted by Gasteiger charge is 2.23. The van der Waals surface area contributed by atoms with Gasteiger partial charge < -0.3 is 10.1 Å². The highest BCUT2D eigenvalue weighted by molar-refractivity contribution is 5.61. The van der Waals surface area contributed by atoms with Crippen LogP contribution in [0.2, 0.25) is 0 Å². The zero-order chi connectivity index (χ0) is 14.5. The maximum absolute atomic E-state index is 11.1. The van der Waals surface area contributed by atoms with Crippen LogP contribution in [0.15, 0.2) is 24.7 Å². The van der Waals surface area contributed by atoms with Gasteiger partial charge in [0, 0.05) is 18.4 Å². The summed E-state index contributed by atoms with van der Waals surface area (Å²) in [7, 11) is 1.32. The van der Waals surface area contributed by atoms with Crippen LogP contribution in [0, 0.1) is 17.0 Å². The average Bonchev–Trinajstić information content (AvgIpc) is 2.46. The number of aryl methyl sites for hydroxylation is 1. The molecule has 1 N–H and O–H groups in total. The molecular formula is C12H13N5O3. The van der Waals surface area contributed by atoms with Crippen molar-refractivity contribution >= 4 is 11.5 Å². The molecule has 2 heterocycles. The molecule has 0 saturated carbocycles. The number of methoxy groups -OCH3 is 1. The highest BCUT2D eigenvalue weighted by Crippen LogP contribution is 2.30. The molecule has 0 unspecified atom stereocenters. The highest BCUT2D eigenvalue weighted by atomic mass is 16.6. The third-order valence-corrected chi connectivity index (χ3v) is 2.60. The second-order valence-electron chi connectivity index (χ2n) is 4.00. The van der Waals surface area contributed by atoms with Crippen molar-refractivity contribution in [2.75, 3.05) is 12.4 Å². The normalized spacial score (nSPS) is 10.1. The van der Waals surface area contributed by atoms with Crippen LogP contribution in [0.1, 0.15) is 11.3 Å². The summed E-state index contributed by atoms with van der Waals surface area (Å²) in [4.78, 5) is 22.2. The molecule has 2 rings (SSSR count). The molecule has 0 saturated heterocycles. The second kappa shape index (κ2) is 5.91. The molecule has 2 aromatic heterocycles. The number of hydrogen-bond acceptors (Lipinski definition) is 7. The molecule has 0 aliphatic rings. The Morgan fingerprint density at radius 1 is 1.35 bits per heavy atom. The van der Waals surface area contributed by atoms with Gasteiger partial charge in [0.15, 0.2) is 0 Å². The molecule has 0 aromatic carbocycles. The zero-order valence-corrected chi connectivity index (χ0v) is 11.0. The first-order valence-electron chi connectivity index (χ1n) is 5.80. The van der Waals surface area contributed by atoms with E-state index in [2.05, 4.69) is 20.3 Å². The summed E-state index contributed by atoms with van der Waals surface area (Å²) < 4.78 is 4.87. The van der Waals surface area contributed by atoms with Crippen molar-refractivity contribution in [1.29, 1.82) is 0 Å². The minimum atomic E-state index is -0.575. The molecule has 0 spiro atoms. The van der Waals surface area contributed by atoms with Crippen molar-refractivity contribution in [2.24, 2.45) is 0 Å². The molecule has 0 aliphatic carbocycles. The summed E-state index contributed by atoms with van der Waals surface area (Å²) in [5.74, 6) is 0.0388. The summed E-state index contributed by atoms with van der Waals surface area (Å²) in [6.45, 7) is 2.26. The lowest BCUT2D eigenvalue weighted by Gasteiger charge is -2.07. The van der Waals surface area contributed by atoms with Gasteiger partial charge in [0.05, 0.1) is 12.0 Å². The molecule has 20 heavy (non-hydrogen) atoms. The maximum atomic E-state index is 11.1. The molecule has 2 aromatic rings. The first kappa shape index (κ1) is 13.7. The molecule has 104 valence electrons. The van der Waals surface area contributed by atoms with Crippen LogP contribution in [0.4, 0.5) is 11.5 Å². The van der Waals surface area contributed by atoms with Gasteiger partial charge in [0.1, 0.15) is 6.33 Å². The summed E-state index contributed by atoms with van der Waals surface area (Å²) in [5.41, 5.74) is 1.51. The Hall–Kier alpha value is -2.77. The van der Waals surface area contributed by atoms with Crippen molar-refractivity contribution in [1.82, 2.24) is 15.0 Å². The zero-order valence-electron chi connectivity index (χ0n) is 11.0. The number of hydrogen-bond donors (Lipinski definition) is 1. The second-order valence-corrected chi connectivity index (χ2v) is 4.00. The van der Waals surface area contributed by atoms with Gasteiger partial charge >= 0.3 is 5.69 Å².